The number of carbonyl (C=O) groups is 3. The molecular weight excluding hydrogens is 781 g/mol. The lowest BCUT2D eigenvalue weighted by molar-refractivity contribution is -0.167. The van der Waals surface area contributed by atoms with Crippen LogP contribution in [0.2, 0.25) is 0 Å². The molecule has 0 rings (SSSR count). The third-order valence-electron chi connectivity index (χ3n) is 11.0. The van der Waals surface area contributed by atoms with Crippen LogP contribution in [-0.4, -0.2) is 37.2 Å². The number of hydrogen-bond acceptors (Lipinski definition) is 6. The first-order valence-corrected chi connectivity index (χ1v) is 26.2. The molecule has 0 saturated heterocycles. The number of esters is 3. The van der Waals surface area contributed by atoms with Gasteiger partial charge in [-0.2, -0.15) is 0 Å². The van der Waals surface area contributed by atoms with Gasteiger partial charge in [0, 0.05) is 19.3 Å². The Kier molecular flexibility index (Phi) is 48.5. The predicted octanol–water partition coefficient (Wildman–Crippen LogP) is 17.2. The van der Waals surface area contributed by atoms with Crippen molar-refractivity contribution in [1.82, 2.24) is 0 Å². The van der Waals surface area contributed by atoms with Gasteiger partial charge in [0.1, 0.15) is 13.2 Å². The van der Waals surface area contributed by atoms with Crippen LogP contribution in [0.25, 0.3) is 0 Å². The lowest BCUT2D eigenvalue weighted by atomic mass is 10.0. The first kappa shape index (κ1) is 59.6. The fourth-order valence-corrected chi connectivity index (χ4v) is 7.12. The molecule has 1 unspecified atom stereocenters. The summed E-state index contributed by atoms with van der Waals surface area (Å²) in [4.78, 5) is 38.0. The summed E-state index contributed by atoms with van der Waals surface area (Å²) in [5, 5.41) is 0. The molecule has 63 heavy (non-hydrogen) atoms. The van der Waals surface area contributed by atoms with Crippen molar-refractivity contribution in [2.45, 2.75) is 245 Å². The van der Waals surface area contributed by atoms with E-state index in [2.05, 4.69) is 45.1 Å². The Morgan fingerprint density at radius 3 is 1.03 bits per heavy atom. The number of allylic oxidation sites excluding steroid dienone is 14. The molecule has 0 amide bonds. The number of unbranched alkanes of at least 4 members (excludes halogenated alkanes) is 26. The van der Waals surface area contributed by atoms with Crippen LogP contribution in [0, 0.1) is 0 Å². The summed E-state index contributed by atoms with van der Waals surface area (Å²) in [5.74, 6) is -0.954. The van der Waals surface area contributed by atoms with Crippen LogP contribution < -0.4 is 0 Å². The Morgan fingerprint density at radius 2 is 0.635 bits per heavy atom. The van der Waals surface area contributed by atoms with Gasteiger partial charge in [0.15, 0.2) is 6.10 Å². The highest BCUT2D eigenvalue weighted by Gasteiger charge is 2.19. The van der Waals surface area contributed by atoms with Gasteiger partial charge in [-0.05, 0) is 64.2 Å². The SMILES string of the molecule is CC\C=C/C=C\C=C/C=C\C=C\C=C/CCCCCC(=O)OCC(COC(=O)CCCCC/C=C\CCCCCCCC)OC(=O)CCCCCCCCCCCCCCCCC. The average molecular weight is 877 g/mol. The molecule has 6 nitrogen and oxygen atoms in total. The highest BCUT2D eigenvalue weighted by atomic mass is 16.6. The maximum Gasteiger partial charge on any atom is 0.306 e. The van der Waals surface area contributed by atoms with Crippen LogP contribution in [0.4, 0.5) is 0 Å². The third kappa shape index (κ3) is 49.5. The van der Waals surface area contributed by atoms with Gasteiger partial charge in [0.2, 0.25) is 0 Å². The summed E-state index contributed by atoms with van der Waals surface area (Å²) >= 11 is 0. The molecule has 360 valence electrons. The maximum atomic E-state index is 12.8. The van der Waals surface area contributed by atoms with E-state index in [-0.39, 0.29) is 31.1 Å². The molecule has 0 aromatic heterocycles. The van der Waals surface area contributed by atoms with Crippen LogP contribution in [-0.2, 0) is 28.6 Å². The molecule has 6 heteroatoms. The lowest BCUT2D eigenvalue weighted by Crippen LogP contribution is -2.30. The van der Waals surface area contributed by atoms with Crippen LogP contribution >= 0.6 is 0 Å². The van der Waals surface area contributed by atoms with E-state index in [1.807, 2.05) is 60.8 Å². The van der Waals surface area contributed by atoms with Crippen LogP contribution in [0.1, 0.15) is 239 Å². The molecule has 0 aromatic rings. The maximum absolute atomic E-state index is 12.8. The Bertz CT molecular complexity index is 1240. The summed E-state index contributed by atoms with van der Waals surface area (Å²) in [5.41, 5.74) is 0. The Morgan fingerprint density at radius 1 is 0.333 bits per heavy atom. The molecule has 0 fully saturated rings. The summed E-state index contributed by atoms with van der Waals surface area (Å²) < 4.78 is 16.8. The largest absolute Gasteiger partial charge is 0.462 e. The third-order valence-corrected chi connectivity index (χ3v) is 11.0. The fraction of sp³-hybridized carbons (Fsp3) is 0.702. The summed E-state index contributed by atoms with van der Waals surface area (Å²) in [6, 6.07) is 0. The highest BCUT2D eigenvalue weighted by Crippen LogP contribution is 2.15. The molecule has 0 aliphatic rings. The van der Waals surface area contributed by atoms with E-state index in [0.717, 1.165) is 83.5 Å². The Hall–Kier alpha value is -3.41. The van der Waals surface area contributed by atoms with Gasteiger partial charge in [-0.25, -0.2) is 0 Å². The molecule has 0 spiro atoms. The first-order chi connectivity index (χ1) is 31.0. The van der Waals surface area contributed by atoms with Crippen molar-refractivity contribution in [1.29, 1.82) is 0 Å². The molecule has 0 aliphatic heterocycles. The summed E-state index contributed by atoms with van der Waals surface area (Å²) in [6.07, 6.45) is 65.6. The van der Waals surface area contributed by atoms with Crippen molar-refractivity contribution >= 4 is 17.9 Å². The average Bonchev–Trinajstić information content (AvgIpc) is 3.28. The van der Waals surface area contributed by atoms with Crippen LogP contribution in [0.3, 0.4) is 0 Å². The minimum absolute atomic E-state index is 0.0978. The Balaban J connectivity index is 4.49. The second-order valence-corrected chi connectivity index (χ2v) is 17.2. The van der Waals surface area contributed by atoms with Crippen molar-refractivity contribution in [3.8, 4) is 0 Å². The van der Waals surface area contributed by atoms with Crippen molar-refractivity contribution in [2.24, 2.45) is 0 Å². The standard InChI is InChI=1S/C57H96O6/c1-4-7-10-13-16-19-22-25-27-28-30-32-35-38-41-44-47-50-56(59)62-53-54(52-61-55(58)49-46-43-40-37-34-31-24-21-18-15-12-9-6-3)63-57(60)51-48-45-42-39-36-33-29-26-23-20-17-14-11-8-5-2/h7,10,13,16,19,22,25,27-28,30-32,34-35,54H,4-6,8-9,11-12,14-15,17-18,20-21,23-24,26,29,33,36-53H2,1-3H3/b10-7-,16-13-,22-19-,27-25-,30-28+,34-31-,35-32-. The topological polar surface area (TPSA) is 78.9 Å². The van der Waals surface area contributed by atoms with E-state index in [9.17, 15) is 14.4 Å². The molecule has 0 bridgehead atoms. The van der Waals surface area contributed by atoms with E-state index in [4.69, 9.17) is 14.2 Å². The zero-order valence-electron chi connectivity index (χ0n) is 41.1. The molecule has 1 atom stereocenters. The smallest absolute Gasteiger partial charge is 0.306 e. The van der Waals surface area contributed by atoms with E-state index in [1.165, 1.54) is 116 Å². The number of carbonyl (C=O) groups excluding carboxylic acids is 3. The minimum atomic E-state index is -0.799. The number of hydrogen-bond donors (Lipinski definition) is 0. The Labute approximate surface area is 388 Å². The molecule has 0 aliphatic carbocycles. The fourth-order valence-electron chi connectivity index (χ4n) is 7.12. The zero-order valence-corrected chi connectivity index (χ0v) is 41.1. The van der Waals surface area contributed by atoms with Crippen LogP contribution in [0.5, 0.6) is 0 Å². The molecule has 0 radical (unpaired) electrons. The second-order valence-electron chi connectivity index (χ2n) is 17.2. The van der Waals surface area contributed by atoms with Gasteiger partial charge in [-0.15, -0.1) is 0 Å². The highest BCUT2D eigenvalue weighted by molar-refractivity contribution is 5.71. The van der Waals surface area contributed by atoms with E-state index < -0.39 is 6.10 Å². The summed E-state index contributed by atoms with van der Waals surface area (Å²) in [7, 11) is 0. The van der Waals surface area contributed by atoms with Crippen LogP contribution in [0.15, 0.2) is 85.1 Å². The minimum Gasteiger partial charge on any atom is -0.462 e. The van der Waals surface area contributed by atoms with Crippen molar-refractivity contribution < 1.29 is 28.6 Å². The van der Waals surface area contributed by atoms with Gasteiger partial charge in [0.25, 0.3) is 0 Å². The van der Waals surface area contributed by atoms with Crippen molar-refractivity contribution in [3.05, 3.63) is 85.1 Å². The molecule has 0 saturated carbocycles. The van der Waals surface area contributed by atoms with Crippen molar-refractivity contribution in [3.63, 3.8) is 0 Å². The van der Waals surface area contributed by atoms with Gasteiger partial charge in [-0.3, -0.25) is 14.4 Å². The first-order valence-electron chi connectivity index (χ1n) is 26.2. The molecular formula is C57H96O6. The van der Waals surface area contributed by atoms with Gasteiger partial charge >= 0.3 is 17.9 Å². The monoisotopic (exact) mass is 877 g/mol. The number of rotatable bonds is 46. The van der Waals surface area contributed by atoms with E-state index in [0.29, 0.717) is 19.3 Å². The number of ether oxygens (including phenoxy) is 3. The van der Waals surface area contributed by atoms with Gasteiger partial charge < -0.3 is 14.2 Å². The molecule has 0 N–H and O–H groups in total. The van der Waals surface area contributed by atoms with E-state index in [1.54, 1.807) is 0 Å². The predicted molar refractivity (Wildman–Crippen MR) is 270 cm³/mol. The van der Waals surface area contributed by atoms with E-state index >= 15 is 0 Å². The van der Waals surface area contributed by atoms with Gasteiger partial charge in [0.05, 0.1) is 0 Å². The summed E-state index contributed by atoms with van der Waals surface area (Å²) in [6.45, 7) is 6.44. The van der Waals surface area contributed by atoms with Crippen molar-refractivity contribution in [2.75, 3.05) is 13.2 Å². The zero-order chi connectivity index (χ0) is 45.8. The lowest BCUT2D eigenvalue weighted by Gasteiger charge is -2.18. The quantitative estimate of drug-likeness (QED) is 0.0199. The molecule has 0 aromatic carbocycles. The molecule has 0 heterocycles. The van der Waals surface area contributed by atoms with Gasteiger partial charge in [-0.1, -0.05) is 241 Å². The second kappa shape index (κ2) is 51.2. The normalized spacial score (nSPS) is 12.7.